The number of carbonyl (C=O) groups excluding carboxylic acids is 1. The van der Waals surface area contributed by atoms with Crippen LogP contribution in [0, 0.1) is 0 Å². The summed E-state index contributed by atoms with van der Waals surface area (Å²) in [5.74, 6) is -0.312. The molecule has 0 spiro atoms. The molecule has 0 aromatic heterocycles. The molecule has 0 unspecified atom stereocenters. The van der Waals surface area contributed by atoms with Gasteiger partial charge in [0.15, 0.2) is 0 Å². The zero-order chi connectivity index (χ0) is 15.2. The summed E-state index contributed by atoms with van der Waals surface area (Å²) in [4.78, 5) is 10.4. The fraction of sp³-hybridized carbons (Fsp3) is 0.167. The van der Waals surface area contributed by atoms with Crippen molar-refractivity contribution in [2.75, 3.05) is 6.61 Å². The van der Waals surface area contributed by atoms with E-state index in [1.807, 2.05) is 36.4 Å². The Balaban J connectivity index is 0.000000396. The standard InChI is InChI=1S/C12H12.C6H10O2/c1-2-3-4-6-9-12-10-7-5-8-11-12;1-4-8-6(7)5(2)3/h2-11H,1H2;2,4H2,1,3H3. The lowest BCUT2D eigenvalue weighted by Crippen LogP contribution is -2.03. The summed E-state index contributed by atoms with van der Waals surface area (Å²) in [7, 11) is 0. The SMILES string of the molecule is C=C(C)C(=O)OCC.C=CC=CC=Cc1ccccc1. The van der Waals surface area contributed by atoms with Gasteiger partial charge < -0.3 is 4.74 Å². The Kier molecular flexibility index (Phi) is 10.3. The molecule has 0 aliphatic carbocycles. The summed E-state index contributed by atoms with van der Waals surface area (Å²) in [6.07, 6.45) is 9.67. The second kappa shape index (κ2) is 11.7. The molecular formula is C18H22O2. The Hall–Kier alpha value is -2.35. The molecule has 0 N–H and O–H groups in total. The molecule has 0 aliphatic rings. The van der Waals surface area contributed by atoms with Gasteiger partial charge >= 0.3 is 5.97 Å². The minimum absolute atomic E-state index is 0.312. The van der Waals surface area contributed by atoms with Crippen LogP contribution in [0.3, 0.4) is 0 Å². The van der Waals surface area contributed by atoms with Crippen molar-refractivity contribution in [1.82, 2.24) is 0 Å². The molecule has 0 atom stereocenters. The van der Waals surface area contributed by atoms with Crippen LogP contribution in [0.25, 0.3) is 6.08 Å². The zero-order valence-electron chi connectivity index (χ0n) is 12.2. The molecule has 2 heteroatoms. The number of ether oxygens (including phenoxy) is 1. The highest BCUT2D eigenvalue weighted by molar-refractivity contribution is 5.86. The first-order valence-electron chi connectivity index (χ1n) is 6.45. The number of esters is 1. The third-order valence-corrected chi connectivity index (χ3v) is 2.07. The van der Waals surface area contributed by atoms with Gasteiger partial charge in [0, 0.05) is 5.57 Å². The summed E-state index contributed by atoms with van der Waals surface area (Å²) < 4.78 is 4.56. The highest BCUT2D eigenvalue weighted by atomic mass is 16.5. The third kappa shape index (κ3) is 9.66. The summed E-state index contributed by atoms with van der Waals surface area (Å²) in [5.41, 5.74) is 1.66. The lowest BCUT2D eigenvalue weighted by Gasteiger charge is -1.96. The van der Waals surface area contributed by atoms with E-state index < -0.39 is 0 Å². The van der Waals surface area contributed by atoms with E-state index in [-0.39, 0.29) is 5.97 Å². The average Bonchev–Trinajstić information content (AvgIpc) is 2.46. The van der Waals surface area contributed by atoms with Crippen LogP contribution in [0.5, 0.6) is 0 Å². The van der Waals surface area contributed by atoms with E-state index in [4.69, 9.17) is 0 Å². The van der Waals surface area contributed by atoms with E-state index in [9.17, 15) is 4.79 Å². The van der Waals surface area contributed by atoms with Gasteiger partial charge in [-0.15, -0.1) is 0 Å². The van der Waals surface area contributed by atoms with Crippen molar-refractivity contribution in [2.45, 2.75) is 13.8 Å². The minimum Gasteiger partial charge on any atom is -0.463 e. The van der Waals surface area contributed by atoms with E-state index in [0.29, 0.717) is 12.2 Å². The van der Waals surface area contributed by atoms with Crippen molar-refractivity contribution in [3.8, 4) is 0 Å². The van der Waals surface area contributed by atoms with Crippen LogP contribution >= 0.6 is 0 Å². The molecule has 1 rings (SSSR count). The van der Waals surface area contributed by atoms with Gasteiger partial charge in [0.1, 0.15) is 0 Å². The van der Waals surface area contributed by atoms with E-state index in [1.165, 1.54) is 5.56 Å². The molecule has 0 fully saturated rings. The zero-order valence-corrected chi connectivity index (χ0v) is 12.2. The van der Waals surface area contributed by atoms with Gasteiger partial charge in [-0.3, -0.25) is 0 Å². The van der Waals surface area contributed by atoms with Crippen LogP contribution in [0.2, 0.25) is 0 Å². The van der Waals surface area contributed by atoms with Crippen molar-refractivity contribution < 1.29 is 9.53 Å². The molecule has 0 aliphatic heterocycles. The number of carbonyl (C=O) groups is 1. The van der Waals surface area contributed by atoms with Crippen molar-refractivity contribution in [3.05, 3.63) is 78.9 Å². The molecule has 0 saturated carbocycles. The first-order chi connectivity index (χ1) is 9.61. The molecule has 20 heavy (non-hydrogen) atoms. The van der Waals surface area contributed by atoms with Gasteiger partial charge in [-0.25, -0.2) is 4.79 Å². The molecule has 1 aromatic rings. The molecule has 2 nitrogen and oxygen atoms in total. The number of hydrogen-bond donors (Lipinski definition) is 0. The van der Waals surface area contributed by atoms with E-state index >= 15 is 0 Å². The van der Waals surface area contributed by atoms with Gasteiger partial charge in [0.05, 0.1) is 6.61 Å². The molecule has 0 bridgehead atoms. The van der Waals surface area contributed by atoms with Crippen molar-refractivity contribution >= 4 is 12.0 Å². The number of hydrogen-bond acceptors (Lipinski definition) is 2. The molecular weight excluding hydrogens is 248 g/mol. The molecule has 0 heterocycles. The van der Waals surface area contributed by atoms with Gasteiger partial charge in [-0.2, -0.15) is 0 Å². The third-order valence-electron chi connectivity index (χ3n) is 2.07. The molecule has 106 valence electrons. The van der Waals surface area contributed by atoms with Crippen LogP contribution in [0.15, 0.2) is 73.4 Å². The Labute approximate surface area is 121 Å². The summed E-state index contributed by atoms with van der Waals surface area (Å²) >= 11 is 0. The van der Waals surface area contributed by atoms with Crippen molar-refractivity contribution in [3.63, 3.8) is 0 Å². The largest absolute Gasteiger partial charge is 0.463 e. The summed E-state index contributed by atoms with van der Waals surface area (Å²) in [5, 5.41) is 0. The van der Waals surface area contributed by atoms with Crippen LogP contribution in [-0.2, 0) is 9.53 Å². The normalized spacial score (nSPS) is 9.90. The first-order valence-corrected chi connectivity index (χ1v) is 6.45. The number of rotatable bonds is 5. The summed E-state index contributed by atoms with van der Waals surface area (Å²) in [6.45, 7) is 10.8. The van der Waals surface area contributed by atoms with Gasteiger partial charge in [0.2, 0.25) is 0 Å². The van der Waals surface area contributed by atoms with Gasteiger partial charge in [0.25, 0.3) is 0 Å². The van der Waals surface area contributed by atoms with Crippen molar-refractivity contribution in [1.29, 1.82) is 0 Å². The Morgan fingerprint density at radius 2 is 1.85 bits per heavy atom. The number of allylic oxidation sites excluding steroid dienone is 4. The lowest BCUT2D eigenvalue weighted by molar-refractivity contribution is -0.138. The second-order valence-corrected chi connectivity index (χ2v) is 3.89. The molecule has 0 radical (unpaired) electrons. The monoisotopic (exact) mass is 270 g/mol. The predicted molar refractivity (Wildman–Crippen MR) is 86.3 cm³/mol. The predicted octanol–water partition coefficient (Wildman–Crippen LogP) is 4.57. The molecule has 0 saturated heterocycles. The maximum absolute atomic E-state index is 10.4. The van der Waals surface area contributed by atoms with E-state index in [2.05, 4.69) is 36.1 Å². The topological polar surface area (TPSA) is 26.3 Å². The van der Waals surface area contributed by atoms with Crippen LogP contribution in [-0.4, -0.2) is 12.6 Å². The van der Waals surface area contributed by atoms with Gasteiger partial charge in [-0.05, 0) is 19.4 Å². The van der Waals surface area contributed by atoms with E-state index in [1.54, 1.807) is 19.9 Å². The molecule has 0 amide bonds. The van der Waals surface area contributed by atoms with Gasteiger partial charge in [-0.1, -0.05) is 73.9 Å². The van der Waals surface area contributed by atoms with Crippen LogP contribution < -0.4 is 0 Å². The fourth-order valence-electron chi connectivity index (χ4n) is 1.13. The summed E-state index contributed by atoms with van der Waals surface area (Å²) in [6, 6.07) is 10.2. The highest BCUT2D eigenvalue weighted by Crippen LogP contribution is 2.00. The van der Waals surface area contributed by atoms with Crippen molar-refractivity contribution in [2.24, 2.45) is 0 Å². The maximum atomic E-state index is 10.4. The maximum Gasteiger partial charge on any atom is 0.333 e. The quantitative estimate of drug-likeness (QED) is 0.445. The smallest absolute Gasteiger partial charge is 0.333 e. The Morgan fingerprint density at radius 3 is 2.30 bits per heavy atom. The first kappa shape index (κ1) is 17.6. The second-order valence-electron chi connectivity index (χ2n) is 3.89. The Bertz CT molecular complexity index is 467. The highest BCUT2D eigenvalue weighted by Gasteiger charge is 1.98. The Morgan fingerprint density at radius 1 is 1.20 bits per heavy atom. The number of benzene rings is 1. The fourth-order valence-corrected chi connectivity index (χ4v) is 1.13. The minimum atomic E-state index is -0.312. The average molecular weight is 270 g/mol. The van der Waals surface area contributed by atoms with Crippen LogP contribution in [0.1, 0.15) is 19.4 Å². The van der Waals surface area contributed by atoms with E-state index in [0.717, 1.165) is 0 Å². The van der Waals surface area contributed by atoms with Crippen LogP contribution in [0.4, 0.5) is 0 Å². The lowest BCUT2D eigenvalue weighted by atomic mass is 10.2. The molecule has 1 aromatic carbocycles.